The number of hydrogen-bond acceptors (Lipinski definition) is 4. The van der Waals surface area contributed by atoms with Crippen LogP contribution >= 0.6 is 0 Å². The average Bonchev–Trinajstić information content (AvgIpc) is 3.00. The van der Waals surface area contributed by atoms with Gasteiger partial charge < -0.3 is 5.11 Å². The van der Waals surface area contributed by atoms with Gasteiger partial charge >= 0.3 is 5.97 Å². The summed E-state index contributed by atoms with van der Waals surface area (Å²) in [5, 5.41) is 14.6. The molecule has 146 valence electrons. The van der Waals surface area contributed by atoms with E-state index in [0.29, 0.717) is 13.0 Å². The Morgan fingerprint density at radius 1 is 1.25 bits per heavy atom. The Labute approximate surface area is 164 Å². The van der Waals surface area contributed by atoms with Crippen molar-refractivity contribution in [2.24, 2.45) is 5.41 Å². The predicted octanol–water partition coefficient (Wildman–Crippen LogP) is 4.51. The molecule has 0 aliphatic rings. The summed E-state index contributed by atoms with van der Waals surface area (Å²) in [7, 11) is 0. The fourth-order valence-electron chi connectivity index (χ4n) is 3.36. The van der Waals surface area contributed by atoms with E-state index >= 15 is 0 Å². The topological polar surface area (TPSA) is 80.9 Å². The van der Waals surface area contributed by atoms with Crippen LogP contribution in [0.4, 0.5) is 0 Å². The molecule has 0 atom stereocenters. The SMILES string of the molecule is CCn1ncc2c(-c3cncc(C)c3)c(/C=C/C(=O)O)c(CC(C)(C)C)nc21. The van der Waals surface area contributed by atoms with Crippen molar-refractivity contribution in [3.8, 4) is 11.1 Å². The third-order valence-corrected chi connectivity index (χ3v) is 4.46. The van der Waals surface area contributed by atoms with E-state index in [1.807, 2.05) is 30.9 Å². The van der Waals surface area contributed by atoms with E-state index in [0.717, 1.165) is 39.0 Å². The number of carboxylic acid groups (broad SMARTS) is 1. The van der Waals surface area contributed by atoms with Gasteiger partial charge in [-0.25, -0.2) is 14.5 Å². The lowest BCUT2D eigenvalue weighted by Gasteiger charge is -2.21. The monoisotopic (exact) mass is 378 g/mol. The van der Waals surface area contributed by atoms with Crippen LogP contribution in [0.25, 0.3) is 28.2 Å². The highest BCUT2D eigenvalue weighted by molar-refractivity contribution is 5.99. The van der Waals surface area contributed by atoms with E-state index in [9.17, 15) is 9.90 Å². The van der Waals surface area contributed by atoms with Crippen LogP contribution in [0.3, 0.4) is 0 Å². The molecule has 0 saturated carbocycles. The zero-order valence-electron chi connectivity index (χ0n) is 17.0. The van der Waals surface area contributed by atoms with Crippen molar-refractivity contribution in [2.45, 2.75) is 47.6 Å². The summed E-state index contributed by atoms with van der Waals surface area (Å²) < 4.78 is 1.87. The first-order valence-electron chi connectivity index (χ1n) is 9.41. The molecule has 0 aromatic carbocycles. The maximum absolute atomic E-state index is 11.2. The molecule has 0 aliphatic heterocycles. The maximum atomic E-state index is 11.2. The molecule has 3 rings (SSSR count). The van der Waals surface area contributed by atoms with Crippen LogP contribution in [-0.4, -0.2) is 30.8 Å². The highest BCUT2D eigenvalue weighted by Crippen LogP contribution is 2.36. The van der Waals surface area contributed by atoms with Crippen molar-refractivity contribution < 1.29 is 9.90 Å². The van der Waals surface area contributed by atoms with Crippen molar-refractivity contribution in [2.75, 3.05) is 0 Å². The zero-order chi connectivity index (χ0) is 20.5. The molecule has 1 N–H and O–H groups in total. The lowest BCUT2D eigenvalue weighted by Crippen LogP contribution is -2.13. The van der Waals surface area contributed by atoms with Crippen molar-refractivity contribution in [3.05, 3.63) is 47.6 Å². The largest absolute Gasteiger partial charge is 0.478 e. The van der Waals surface area contributed by atoms with Gasteiger partial charge in [-0.1, -0.05) is 20.8 Å². The summed E-state index contributed by atoms with van der Waals surface area (Å²) in [6.45, 7) is 11.2. The Hall–Kier alpha value is -3.02. The highest BCUT2D eigenvalue weighted by atomic mass is 16.4. The van der Waals surface area contributed by atoms with Gasteiger partial charge in [0.2, 0.25) is 0 Å². The average molecular weight is 378 g/mol. The van der Waals surface area contributed by atoms with E-state index in [2.05, 4.69) is 36.9 Å². The number of fused-ring (bicyclic) bond motifs is 1. The Morgan fingerprint density at radius 3 is 2.61 bits per heavy atom. The fourth-order valence-corrected chi connectivity index (χ4v) is 3.36. The number of pyridine rings is 2. The lowest BCUT2D eigenvalue weighted by atomic mass is 9.86. The van der Waals surface area contributed by atoms with Gasteiger partial charge in [-0.05, 0) is 43.4 Å². The van der Waals surface area contributed by atoms with Crippen LogP contribution in [0.5, 0.6) is 0 Å². The van der Waals surface area contributed by atoms with Gasteiger partial charge in [-0.15, -0.1) is 0 Å². The van der Waals surface area contributed by atoms with E-state index in [1.54, 1.807) is 12.3 Å². The van der Waals surface area contributed by atoms with Gasteiger partial charge in [-0.2, -0.15) is 5.10 Å². The predicted molar refractivity (Wildman–Crippen MR) is 111 cm³/mol. The quantitative estimate of drug-likeness (QED) is 0.661. The van der Waals surface area contributed by atoms with Crippen LogP contribution in [0, 0.1) is 12.3 Å². The number of nitrogens with zero attached hydrogens (tertiary/aromatic N) is 4. The van der Waals surface area contributed by atoms with Crippen LogP contribution in [0.1, 0.15) is 44.5 Å². The van der Waals surface area contributed by atoms with Crippen molar-refractivity contribution in [3.63, 3.8) is 0 Å². The fraction of sp³-hybridized carbons (Fsp3) is 0.364. The molecular weight excluding hydrogens is 352 g/mol. The molecule has 6 nitrogen and oxygen atoms in total. The Morgan fingerprint density at radius 2 is 2.00 bits per heavy atom. The molecule has 0 unspecified atom stereocenters. The molecule has 0 radical (unpaired) electrons. The first kappa shape index (κ1) is 19.7. The third-order valence-electron chi connectivity index (χ3n) is 4.46. The number of aliphatic carboxylic acids is 1. The molecule has 3 aromatic rings. The van der Waals surface area contributed by atoms with Gasteiger partial charge in [0, 0.05) is 47.1 Å². The Balaban J connectivity index is 2.42. The molecular formula is C22H26N4O2. The number of rotatable bonds is 5. The van der Waals surface area contributed by atoms with E-state index in [1.165, 1.54) is 6.08 Å². The van der Waals surface area contributed by atoms with E-state index in [4.69, 9.17) is 4.98 Å². The van der Waals surface area contributed by atoms with E-state index < -0.39 is 5.97 Å². The van der Waals surface area contributed by atoms with Gasteiger partial charge in [0.1, 0.15) is 0 Å². The summed E-state index contributed by atoms with van der Waals surface area (Å²) in [4.78, 5) is 20.5. The number of aromatic nitrogens is 4. The minimum atomic E-state index is -0.987. The smallest absolute Gasteiger partial charge is 0.328 e. The summed E-state index contributed by atoms with van der Waals surface area (Å²) in [6, 6.07) is 2.06. The third kappa shape index (κ3) is 4.11. The number of hydrogen-bond donors (Lipinski definition) is 1. The normalized spacial score (nSPS) is 12.2. The second kappa shape index (κ2) is 7.54. The molecule has 28 heavy (non-hydrogen) atoms. The first-order chi connectivity index (χ1) is 13.2. The van der Waals surface area contributed by atoms with Crippen molar-refractivity contribution >= 4 is 23.1 Å². The summed E-state index contributed by atoms with van der Waals surface area (Å²) in [5.41, 5.74) is 5.38. The maximum Gasteiger partial charge on any atom is 0.328 e. The van der Waals surface area contributed by atoms with Gasteiger partial charge in [-0.3, -0.25) is 4.98 Å². The van der Waals surface area contributed by atoms with Crippen LogP contribution in [-0.2, 0) is 17.8 Å². The number of aryl methyl sites for hydroxylation is 2. The second-order valence-electron chi connectivity index (χ2n) is 8.20. The second-order valence-corrected chi connectivity index (χ2v) is 8.20. The molecule has 0 spiro atoms. The minimum Gasteiger partial charge on any atom is -0.478 e. The van der Waals surface area contributed by atoms with Crippen molar-refractivity contribution in [1.82, 2.24) is 19.7 Å². The lowest BCUT2D eigenvalue weighted by molar-refractivity contribution is -0.131. The first-order valence-corrected chi connectivity index (χ1v) is 9.41. The molecule has 0 amide bonds. The molecule has 3 aromatic heterocycles. The summed E-state index contributed by atoms with van der Waals surface area (Å²) in [6.07, 6.45) is 8.96. The number of carboxylic acids is 1. The van der Waals surface area contributed by atoms with Gasteiger partial charge in [0.25, 0.3) is 0 Å². The van der Waals surface area contributed by atoms with Gasteiger partial charge in [0.15, 0.2) is 5.65 Å². The minimum absolute atomic E-state index is 0.00825. The highest BCUT2D eigenvalue weighted by Gasteiger charge is 2.22. The standard InChI is InChI=1S/C22H26N4O2/c1-6-26-21-17(13-24-26)20(15-9-14(2)11-23-12-15)16(7-8-19(27)28)18(25-21)10-22(3,4)5/h7-9,11-13H,6,10H2,1-5H3,(H,27,28)/b8-7+. The van der Waals surface area contributed by atoms with Gasteiger partial charge in [0.05, 0.1) is 11.9 Å². The summed E-state index contributed by atoms with van der Waals surface area (Å²) >= 11 is 0. The molecule has 0 aliphatic carbocycles. The van der Waals surface area contributed by atoms with Crippen molar-refractivity contribution in [1.29, 1.82) is 0 Å². The Bertz CT molecular complexity index is 1060. The molecule has 3 heterocycles. The zero-order valence-corrected chi connectivity index (χ0v) is 17.0. The van der Waals surface area contributed by atoms with Crippen LogP contribution in [0.2, 0.25) is 0 Å². The molecule has 0 bridgehead atoms. The Kier molecular flexibility index (Phi) is 5.31. The summed E-state index contributed by atoms with van der Waals surface area (Å²) in [5.74, 6) is -0.987. The van der Waals surface area contributed by atoms with Crippen LogP contribution in [0.15, 0.2) is 30.7 Å². The van der Waals surface area contributed by atoms with Crippen LogP contribution < -0.4 is 0 Å². The number of carbonyl (C=O) groups is 1. The molecule has 0 fully saturated rings. The molecule has 6 heteroatoms. The van der Waals surface area contributed by atoms with E-state index in [-0.39, 0.29) is 5.41 Å². The molecule has 0 saturated heterocycles.